The fourth-order valence-corrected chi connectivity index (χ4v) is 9.44. The lowest BCUT2D eigenvalue weighted by atomic mass is 9.65. The van der Waals surface area contributed by atoms with Crippen LogP contribution in [0.3, 0.4) is 0 Å². The minimum absolute atomic E-state index is 0.000828. The van der Waals surface area contributed by atoms with Gasteiger partial charge in [-0.25, -0.2) is 25.9 Å². The monoisotopic (exact) mass is 512 g/mol. The van der Waals surface area contributed by atoms with Crippen molar-refractivity contribution in [3.63, 3.8) is 0 Å². The van der Waals surface area contributed by atoms with Crippen molar-refractivity contribution in [2.45, 2.75) is 71.1 Å². The van der Waals surface area contributed by atoms with Gasteiger partial charge in [0.1, 0.15) is 10.7 Å². The molecule has 0 bridgehead atoms. The summed E-state index contributed by atoms with van der Waals surface area (Å²) >= 11 is 6.52. The molecule has 2 aromatic carbocycles. The van der Waals surface area contributed by atoms with Gasteiger partial charge in [-0.15, -0.1) is 0 Å². The first-order valence-corrected chi connectivity index (χ1v) is 14.6. The molecule has 3 aliphatic rings. The van der Waals surface area contributed by atoms with Gasteiger partial charge in [0.05, 0.1) is 14.8 Å². The SMILES string of the molecule is O=S(=O)(NC1CCNCC1)c1cc2c(cc1Cl)C1(CCCCC1)c1ccc(F)cc1S2(=O)=O. The van der Waals surface area contributed by atoms with E-state index in [1.165, 1.54) is 18.2 Å². The summed E-state index contributed by atoms with van der Waals surface area (Å²) in [6.07, 6.45) is 5.48. The van der Waals surface area contributed by atoms with Gasteiger partial charge in [0.15, 0.2) is 0 Å². The molecule has 2 aromatic rings. The van der Waals surface area contributed by atoms with E-state index in [0.29, 0.717) is 49.9 Å². The highest BCUT2D eigenvalue weighted by Gasteiger charge is 2.47. The Labute approximate surface area is 198 Å². The van der Waals surface area contributed by atoms with Crippen LogP contribution in [0.1, 0.15) is 56.1 Å². The Morgan fingerprint density at radius 3 is 2.36 bits per heavy atom. The van der Waals surface area contributed by atoms with Gasteiger partial charge in [-0.3, -0.25) is 0 Å². The highest BCUT2D eigenvalue weighted by Crippen LogP contribution is 2.54. The van der Waals surface area contributed by atoms with Crippen LogP contribution in [0.5, 0.6) is 0 Å². The third-order valence-electron chi connectivity index (χ3n) is 7.25. The second-order valence-corrected chi connectivity index (χ2v) is 13.2. The van der Waals surface area contributed by atoms with Crippen molar-refractivity contribution >= 4 is 31.5 Å². The Bertz CT molecular complexity index is 1320. The van der Waals surface area contributed by atoms with Crippen LogP contribution in [0.4, 0.5) is 4.39 Å². The average Bonchev–Trinajstić information content (AvgIpc) is 2.78. The summed E-state index contributed by atoms with van der Waals surface area (Å²) in [7, 11) is -8.18. The molecule has 5 rings (SSSR count). The van der Waals surface area contributed by atoms with Gasteiger partial charge in [-0.05, 0) is 74.2 Å². The summed E-state index contributed by atoms with van der Waals surface area (Å²) in [5.41, 5.74) is 0.471. The maximum atomic E-state index is 14.2. The Kier molecular flexibility index (Phi) is 5.85. The molecule has 2 heterocycles. The maximum Gasteiger partial charge on any atom is 0.242 e. The molecule has 1 saturated heterocycles. The van der Waals surface area contributed by atoms with E-state index in [1.807, 2.05) is 0 Å². The summed E-state index contributed by atoms with van der Waals surface area (Å²) in [6, 6.07) is 6.36. The lowest BCUT2D eigenvalue weighted by molar-refractivity contribution is 0.331. The molecule has 10 heteroatoms. The zero-order valence-corrected chi connectivity index (χ0v) is 20.4. The van der Waals surface area contributed by atoms with Crippen molar-refractivity contribution in [3.05, 3.63) is 52.3 Å². The van der Waals surface area contributed by atoms with E-state index in [0.717, 1.165) is 25.3 Å². The van der Waals surface area contributed by atoms with E-state index in [4.69, 9.17) is 11.6 Å². The number of piperidine rings is 1. The van der Waals surface area contributed by atoms with E-state index in [9.17, 15) is 21.2 Å². The van der Waals surface area contributed by atoms with Crippen molar-refractivity contribution in [1.29, 1.82) is 0 Å². The molecule has 1 aliphatic carbocycles. The van der Waals surface area contributed by atoms with E-state index >= 15 is 0 Å². The summed E-state index contributed by atoms with van der Waals surface area (Å²) in [5, 5.41) is 3.18. The van der Waals surface area contributed by atoms with Gasteiger partial charge in [0.2, 0.25) is 19.9 Å². The number of sulfone groups is 1. The number of nitrogens with one attached hydrogen (secondary N) is 2. The lowest BCUT2D eigenvalue weighted by Gasteiger charge is -2.43. The van der Waals surface area contributed by atoms with Crippen molar-refractivity contribution < 1.29 is 21.2 Å². The topological polar surface area (TPSA) is 92.3 Å². The first kappa shape index (κ1) is 23.2. The number of hydrogen-bond acceptors (Lipinski definition) is 5. The molecule has 33 heavy (non-hydrogen) atoms. The summed E-state index contributed by atoms with van der Waals surface area (Å²) in [5.74, 6) is -0.638. The molecule has 6 nitrogen and oxygen atoms in total. The third-order valence-corrected chi connectivity index (χ3v) is 11.1. The number of benzene rings is 2. The first-order chi connectivity index (χ1) is 15.6. The van der Waals surface area contributed by atoms with Crippen LogP contribution in [0.2, 0.25) is 5.02 Å². The van der Waals surface area contributed by atoms with Gasteiger partial charge in [0.25, 0.3) is 0 Å². The molecule has 0 amide bonds. The van der Waals surface area contributed by atoms with Crippen LogP contribution in [0.15, 0.2) is 45.0 Å². The Morgan fingerprint density at radius 1 is 1.00 bits per heavy atom. The van der Waals surface area contributed by atoms with Gasteiger partial charge >= 0.3 is 0 Å². The normalized spacial score (nSPS) is 22.0. The van der Waals surface area contributed by atoms with Crippen LogP contribution in [-0.2, 0) is 25.3 Å². The Balaban J connectivity index is 1.70. The van der Waals surface area contributed by atoms with Crippen molar-refractivity contribution in [2.24, 2.45) is 0 Å². The van der Waals surface area contributed by atoms with Crippen LogP contribution in [0, 0.1) is 5.82 Å². The number of hydrogen-bond donors (Lipinski definition) is 2. The highest BCUT2D eigenvalue weighted by atomic mass is 35.5. The van der Waals surface area contributed by atoms with Gasteiger partial charge in [-0.2, -0.15) is 0 Å². The quantitative estimate of drug-likeness (QED) is 0.650. The van der Waals surface area contributed by atoms with Crippen molar-refractivity contribution in [3.8, 4) is 0 Å². The molecule has 2 fully saturated rings. The van der Waals surface area contributed by atoms with Crippen LogP contribution in [0.25, 0.3) is 0 Å². The second kappa shape index (κ2) is 8.30. The minimum atomic E-state index is -4.13. The van der Waals surface area contributed by atoms with E-state index < -0.39 is 31.1 Å². The number of sulfonamides is 1. The third kappa shape index (κ3) is 3.82. The predicted molar refractivity (Wildman–Crippen MR) is 123 cm³/mol. The molecular weight excluding hydrogens is 487 g/mol. The molecule has 1 saturated carbocycles. The van der Waals surface area contributed by atoms with E-state index in [2.05, 4.69) is 10.0 Å². The molecule has 0 radical (unpaired) electrons. The number of rotatable bonds is 3. The molecule has 2 N–H and O–H groups in total. The largest absolute Gasteiger partial charge is 0.317 e. The van der Waals surface area contributed by atoms with Crippen molar-refractivity contribution in [1.82, 2.24) is 10.0 Å². The molecule has 1 spiro atoms. The zero-order valence-electron chi connectivity index (χ0n) is 18.0. The molecule has 2 aliphatic heterocycles. The minimum Gasteiger partial charge on any atom is -0.317 e. The Hall–Kier alpha value is -1.52. The molecular formula is C23H26ClFN2O4S2. The van der Waals surface area contributed by atoms with Crippen LogP contribution in [-0.4, -0.2) is 36.0 Å². The highest BCUT2D eigenvalue weighted by molar-refractivity contribution is 7.92. The first-order valence-electron chi connectivity index (χ1n) is 11.3. The van der Waals surface area contributed by atoms with Gasteiger partial charge < -0.3 is 5.32 Å². The number of fused-ring (bicyclic) bond motifs is 4. The predicted octanol–water partition coefficient (Wildman–Crippen LogP) is 3.91. The average molecular weight is 513 g/mol. The molecule has 0 atom stereocenters. The number of halogens is 2. The van der Waals surface area contributed by atoms with E-state index in [-0.39, 0.29) is 25.8 Å². The molecule has 178 valence electrons. The van der Waals surface area contributed by atoms with Gasteiger partial charge in [0, 0.05) is 11.5 Å². The molecule has 0 unspecified atom stereocenters. The van der Waals surface area contributed by atoms with Crippen LogP contribution < -0.4 is 10.0 Å². The summed E-state index contributed by atoms with van der Waals surface area (Å²) in [4.78, 5) is -0.415. The fourth-order valence-electron chi connectivity index (χ4n) is 5.63. The summed E-state index contributed by atoms with van der Waals surface area (Å²) in [6.45, 7) is 1.40. The fraction of sp³-hybridized carbons (Fsp3) is 0.478. The zero-order chi connectivity index (χ0) is 23.4. The molecule has 0 aromatic heterocycles. The van der Waals surface area contributed by atoms with E-state index in [1.54, 1.807) is 6.07 Å². The van der Waals surface area contributed by atoms with Gasteiger partial charge in [-0.1, -0.05) is 36.9 Å². The lowest BCUT2D eigenvalue weighted by Crippen LogP contribution is -2.43. The maximum absolute atomic E-state index is 14.2. The summed E-state index contributed by atoms with van der Waals surface area (Å²) < 4.78 is 70.5. The standard InChI is InChI=1S/C23H26ClFN2O4S2/c24-19-13-18-21(14-22(19)33(30,31)27-16-6-10-26-11-7-16)32(28,29)20-12-15(25)4-5-17(20)23(18)8-2-1-3-9-23/h4-5,12-14,16,26-27H,1-3,6-11H2. The Morgan fingerprint density at radius 2 is 1.67 bits per heavy atom. The smallest absolute Gasteiger partial charge is 0.242 e. The van der Waals surface area contributed by atoms with Crippen LogP contribution >= 0.6 is 11.6 Å². The second-order valence-electron chi connectivity index (χ2n) is 9.21. The van der Waals surface area contributed by atoms with Crippen molar-refractivity contribution in [2.75, 3.05) is 13.1 Å².